The Labute approximate surface area is 198 Å². The molecule has 1 amide bonds. The smallest absolute Gasteiger partial charge is 0.262 e. The van der Waals surface area contributed by atoms with Gasteiger partial charge in [-0.3, -0.25) is 9.59 Å². The molecule has 2 fully saturated rings. The topological polar surface area (TPSA) is 108 Å². The van der Waals surface area contributed by atoms with E-state index in [-0.39, 0.29) is 23.1 Å². The second-order valence-corrected chi connectivity index (χ2v) is 9.52. The number of phenolic OH excluding ortho intramolecular Hbond substituents is 1. The molecule has 3 heterocycles. The van der Waals surface area contributed by atoms with E-state index in [0.29, 0.717) is 35.2 Å². The fourth-order valence-electron chi connectivity index (χ4n) is 4.58. The standard InChI is InChI=1S/C26H30N4O4/c1-30(2)26(33)19-11-18-17(16-5-4-10-27-13-16)12-20(28-24(18)29-25(19)32)23-21(31)6-3-7-22(23)34-14-15-8-9-15/h3,6-7,11-12,15-16,27,31H,4-5,8-10,13-14H2,1-2H3,(H,28,29,32). The summed E-state index contributed by atoms with van der Waals surface area (Å²) in [5.41, 5.74) is 2.06. The number of amides is 1. The summed E-state index contributed by atoms with van der Waals surface area (Å²) in [7, 11) is 3.25. The third-order valence-corrected chi connectivity index (χ3v) is 6.66. The van der Waals surface area contributed by atoms with Gasteiger partial charge < -0.3 is 25.0 Å². The first-order valence-corrected chi connectivity index (χ1v) is 11.9. The summed E-state index contributed by atoms with van der Waals surface area (Å²) in [5.74, 6) is 1.06. The van der Waals surface area contributed by atoms with Crippen LogP contribution < -0.4 is 15.6 Å². The number of aromatic nitrogens is 2. The number of carbonyl (C=O) groups excluding carboxylic acids is 1. The van der Waals surface area contributed by atoms with Gasteiger partial charge in [0.2, 0.25) is 0 Å². The minimum Gasteiger partial charge on any atom is -0.507 e. The molecule has 1 atom stereocenters. The number of H-pyrrole nitrogens is 1. The van der Waals surface area contributed by atoms with Crippen LogP contribution in [0.3, 0.4) is 0 Å². The van der Waals surface area contributed by atoms with Crippen LogP contribution in [0.1, 0.15) is 47.5 Å². The lowest BCUT2D eigenvalue weighted by Crippen LogP contribution is -2.30. The van der Waals surface area contributed by atoms with Gasteiger partial charge >= 0.3 is 0 Å². The molecule has 0 radical (unpaired) electrons. The van der Waals surface area contributed by atoms with Crippen LogP contribution in [0.5, 0.6) is 11.5 Å². The van der Waals surface area contributed by atoms with Gasteiger partial charge in [0.05, 0.1) is 17.9 Å². The minimum atomic E-state index is -0.481. The summed E-state index contributed by atoms with van der Waals surface area (Å²) >= 11 is 0. The predicted octanol–water partition coefficient (Wildman–Crippen LogP) is 3.25. The Balaban J connectivity index is 1.69. The van der Waals surface area contributed by atoms with Crippen LogP contribution >= 0.6 is 0 Å². The maximum atomic E-state index is 12.8. The lowest BCUT2D eigenvalue weighted by atomic mass is 9.88. The second-order valence-electron chi connectivity index (χ2n) is 9.52. The van der Waals surface area contributed by atoms with Crippen molar-refractivity contribution in [3.8, 4) is 22.8 Å². The average molecular weight is 463 g/mol. The lowest BCUT2D eigenvalue weighted by molar-refractivity contribution is 0.0826. The Morgan fingerprint density at radius 2 is 2.06 bits per heavy atom. The highest BCUT2D eigenvalue weighted by atomic mass is 16.5. The lowest BCUT2D eigenvalue weighted by Gasteiger charge is -2.25. The van der Waals surface area contributed by atoms with Gasteiger partial charge in [-0.05, 0) is 73.9 Å². The first-order valence-electron chi connectivity index (χ1n) is 11.9. The number of nitrogens with one attached hydrogen (secondary N) is 2. The third kappa shape index (κ3) is 4.37. The fourth-order valence-corrected chi connectivity index (χ4v) is 4.58. The molecule has 1 unspecified atom stereocenters. The highest BCUT2D eigenvalue weighted by Crippen LogP contribution is 2.41. The van der Waals surface area contributed by atoms with E-state index in [2.05, 4.69) is 10.3 Å². The quantitative estimate of drug-likeness (QED) is 0.519. The number of benzene rings is 1. The molecule has 1 saturated carbocycles. The van der Waals surface area contributed by atoms with Crippen molar-refractivity contribution >= 4 is 16.9 Å². The second kappa shape index (κ2) is 9.10. The number of pyridine rings is 2. The van der Waals surface area contributed by atoms with Crippen molar-refractivity contribution in [1.82, 2.24) is 20.2 Å². The zero-order chi connectivity index (χ0) is 23.8. The minimum absolute atomic E-state index is 0.0784. The van der Waals surface area contributed by atoms with Crippen molar-refractivity contribution in [3.63, 3.8) is 0 Å². The van der Waals surface area contributed by atoms with E-state index in [9.17, 15) is 14.7 Å². The van der Waals surface area contributed by atoms with Crippen LogP contribution in [0.2, 0.25) is 0 Å². The number of aromatic amines is 1. The number of carbonyl (C=O) groups is 1. The van der Waals surface area contributed by atoms with E-state index in [1.165, 1.54) is 4.90 Å². The van der Waals surface area contributed by atoms with Crippen LogP contribution in [0.4, 0.5) is 0 Å². The number of piperidine rings is 1. The molecular formula is C26H30N4O4. The molecule has 178 valence electrons. The molecule has 1 saturated heterocycles. The van der Waals surface area contributed by atoms with Crippen molar-refractivity contribution < 1.29 is 14.6 Å². The van der Waals surface area contributed by atoms with Crippen molar-refractivity contribution in [3.05, 3.63) is 51.8 Å². The first kappa shape index (κ1) is 22.4. The summed E-state index contributed by atoms with van der Waals surface area (Å²) in [4.78, 5) is 34.4. The number of nitrogens with zero attached hydrogens (tertiary/aromatic N) is 2. The van der Waals surface area contributed by atoms with E-state index in [4.69, 9.17) is 9.72 Å². The highest BCUT2D eigenvalue weighted by molar-refractivity contribution is 5.97. The van der Waals surface area contributed by atoms with Gasteiger partial charge in [-0.25, -0.2) is 4.98 Å². The molecular weight excluding hydrogens is 432 g/mol. The monoisotopic (exact) mass is 462 g/mol. The number of aromatic hydroxyl groups is 1. The molecule has 1 aliphatic heterocycles. The zero-order valence-corrected chi connectivity index (χ0v) is 19.6. The molecule has 2 aliphatic rings. The third-order valence-electron chi connectivity index (χ3n) is 6.66. The summed E-state index contributed by atoms with van der Waals surface area (Å²) in [6, 6.07) is 8.85. The Bertz CT molecular complexity index is 1290. The van der Waals surface area contributed by atoms with Gasteiger partial charge in [-0.15, -0.1) is 0 Å². The van der Waals surface area contributed by atoms with E-state index in [1.807, 2.05) is 12.1 Å². The Morgan fingerprint density at radius 1 is 1.24 bits per heavy atom. The van der Waals surface area contributed by atoms with Gasteiger partial charge in [0, 0.05) is 26.0 Å². The number of rotatable bonds is 6. The van der Waals surface area contributed by atoms with Gasteiger partial charge in [0.1, 0.15) is 22.7 Å². The molecule has 1 aliphatic carbocycles. The molecule has 5 rings (SSSR count). The average Bonchev–Trinajstić information content (AvgIpc) is 3.66. The van der Waals surface area contributed by atoms with Crippen LogP contribution in [-0.2, 0) is 0 Å². The van der Waals surface area contributed by atoms with Crippen LogP contribution in [-0.4, -0.2) is 59.7 Å². The maximum absolute atomic E-state index is 12.8. The van der Waals surface area contributed by atoms with Crippen molar-refractivity contribution in [2.45, 2.75) is 31.6 Å². The fraction of sp³-hybridized carbons (Fsp3) is 0.423. The van der Waals surface area contributed by atoms with Gasteiger partial charge in [-0.1, -0.05) is 6.07 Å². The Morgan fingerprint density at radius 3 is 2.76 bits per heavy atom. The molecule has 0 bridgehead atoms. The highest BCUT2D eigenvalue weighted by Gasteiger charge is 2.26. The van der Waals surface area contributed by atoms with Gasteiger partial charge in [-0.2, -0.15) is 0 Å². The van der Waals surface area contributed by atoms with Crippen molar-refractivity contribution in [2.75, 3.05) is 33.8 Å². The largest absolute Gasteiger partial charge is 0.507 e. The molecule has 3 aromatic rings. The number of hydrogen-bond acceptors (Lipinski definition) is 6. The normalized spacial score (nSPS) is 18.1. The van der Waals surface area contributed by atoms with Gasteiger partial charge in [0.15, 0.2) is 0 Å². The van der Waals surface area contributed by atoms with E-state index < -0.39 is 5.56 Å². The Hall–Kier alpha value is -3.39. The zero-order valence-electron chi connectivity index (χ0n) is 19.6. The number of phenols is 1. The first-order chi connectivity index (χ1) is 16.4. The SMILES string of the molecule is CN(C)C(=O)c1cc2c(C3CCCNC3)cc(-c3c(O)cccc3OCC3CC3)nc2[nH]c1=O. The molecule has 2 aromatic heterocycles. The van der Waals surface area contributed by atoms with Crippen LogP contribution in [0.25, 0.3) is 22.3 Å². The van der Waals surface area contributed by atoms with Gasteiger partial charge in [0.25, 0.3) is 11.5 Å². The van der Waals surface area contributed by atoms with E-state index in [1.54, 1.807) is 32.3 Å². The molecule has 8 heteroatoms. The molecule has 0 spiro atoms. The number of ether oxygens (including phenoxy) is 1. The Kier molecular flexibility index (Phi) is 6.00. The maximum Gasteiger partial charge on any atom is 0.262 e. The van der Waals surface area contributed by atoms with E-state index >= 15 is 0 Å². The summed E-state index contributed by atoms with van der Waals surface area (Å²) in [5, 5.41) is 15.0. The number of hydrogen-bond donors (Lipinski definition) is 3. The predicted molar refractivity (Wildman–Crippen MR) is 131 cm³/mol. The van der Waals surface area contributed by atoms with Crippen LogP contribution in [0, 0.1) is 5.92 Å². The van der Waals surface area contributed by atoms with Crippen molar-refractivity contribution in [1.29, 1.82) is 0 Å². The molecule has 34 heavy (non-hydrogen) atoms. The molecule has 3 N–H and O–H groups in total. The van der Waals surface area contributed by atoms with E-state index in [0.717, 1.165) is 49.7 Å². The van der Waals surface area contributed by atoms with Crippen molar-refractivity contribution in [2.24, 2.45) is 5.92 Å². The summed E-state index contributed by atoms with van der Waals surface area (Å²) in [6.07, 6.45) is 4.34. The molecule has 8 nitrogen and oxygen atoms in total. The number of fused-ring (bicyclic) bond motifs is 1. The summed E-state index contributed by atoms with van der Waals surface area (Å²) < 4.78 is 6.06. The summed E-state index contributed by atoms with van der Waals surface area (Å²) in [6.45, 7) is 2.36. The molecule has 1 aromatic carbocycles. The van der Waals surface area contributed by atoms with Crippen LogP contribution in [0.15, 0.2) is 35.1 Å².